The Morgan fingerprint density at radius 3 is 2.67 bits per heavy atom. The summed E-state index contributed by atoms with van der Waals surface area (Å²) in [5.74, 6) is -0.789. The first kappa shape index (κ1) is 10.8. The lowest BCUT2D eigenvalue weighted by Gasteiger charge is -2.04. The Morgan fingerprint density at radius 2 is 2.20 bits per heavy atom. The zero-order valence-corrected chi connectivity index (χ0v) is 7.89. The molecule has 0 aliphatic rings. The number of nitro benzene ring substituents is 1. The monoisotopic (exact) mass is 208 g/mol. The number of nitro groups is 1. The third kappa shape index (κ3) is 2.16. The molecule has 78 valence electrons. The van der Waals surface area contributed by atoms with Gasteiger partial charge in [0.15, 0.2) is 6.29 Å². The topological polar surface area (TPSA) is 89.3 Å². The van der Waals surface area contributed by atoms with Crippen LogP contribution < -0.4 is 5.32 Å². The lowest BCUT2D eigenvalue weighted by atomic mass is 10.1. The number of aldehydes is 1. The van der Waals surface area contributed by atoms with Crippen LogP contribution in [0.25, 0.3) is 0 Å². The Labute approximate surface area is 85.1 Å². The van der Waals surface area contributed by atoms with Crippen LogP contribution in [0.1, 0.15) is 10.4 Å². The summed E-state index contributed by atoms with van der Waals surface area (Å²) in [6.45, 7) is 0. The number of benzene rings is 1. The molecule has 0 saturated heterocycles. The number of non-ortho nitro benzene ring substituents is 1. The molecule has 0 amide bonds. The molecule has 0 atom stereocenters. The predicted molar refractivity (Wildman–Crippen MR) is 53.0 cm³/mol. The highest BCUT2D eigenvalue weighted by Crippen LogP contribution is 2.21. The number of hydrogen-bond donors (Lipinski definition) is 1. The van der Waals surface area contributed by atoms with E-state index in [0.717, 1.165) is 6.07 Å². The Bertz CT molecular complexity index is 428. The maximum atomic E-state index is 11.1. The van der Waals surface area contributed by atoms with Crippen LogP contribution in [0.3, 0.4) is 0 Å². The fourth-order valence-corrected chi connectivity index (χ4v) is 1.13. The van der Waals surface area contributed by atoms with Crippen molar-refractivity contribution in [2.24, 2.45) is 0 Å². The van der Waals surface area contributed by atoms with E-state index in [4.69, 9.17) is 0 Å². The van der Waals surface area contributed by atoms with Crippen LogP contribution in [0.2, 0.25) is 0 Å². The molecule has 0 saturated carbocycles. The minimum Gasteiger partial charge on any atom is -0.388 e. The molecular formula is C9H8N2O4. The molecule has 1 rings (SSSR count). The van der Waals surface area contributed by atoms with Crippen LogP contribution in [0.5, 0.6) is 0 Å². The Morgan fingerprint density at radius 1 is 1.53 bits per heavy atom. The van der Waals surface area contributed by atoms with Crippen molar-refractivity contribution in [3.63, 3.8) is 0 Å². The van der Waals surface area contributed by atoms with E-state index in [9.17, 15) is 19.7 Å². The van der Waals surface area contributed by atoms with Crippen LogP contribution in [-0.4, -0.2) is 24.0 Å². The molecule has 0 unspecified atom stereocenters. The Kier molecular flexibility index (Phi) is 3.12. The first-order valence-electron chi connectivity index (χ1n) is 4.06. The van der Waals surface area contributed by atoms with Gasteiger partial charge in [0.25, 0.3) is 5.69 Å². The van der Waals surface area contributed by atoms with Gasteiger partial charge >= 0.3 is 0 Å². The van der Waals surface area contributed by atoms with Crippen molar-refractivity contribution < 1.29 is 14.5 Å². The van der Waals surface area contributed by atoms with Crippen LogP contribution >= 0.6 is 0 Å². The first-order chi connectivity index (χ1) is 7.10. The van der Waals surface area contributed by atoms with Crippen molar-refractivity contribution in [3.05, 3.63) is 33.9 Å². The number of Topliss-reactive ketones (excluding diaryl/α,β-unsaturated/α-hetero) is 1. The SMILES string of the molecule is CNc1ccc([N+](=O)[O-])cc1C(=O)C=O. The number of anilines is 1. The first-order valence-corrected chi connectivity index (χ1v) is 4.06. The third-order valence-corrected chi connectivity index (χ3v) is 1.86. The fourth-order valence-electron chi connectivity index (χ4n) is 1.13. The van der Waals surface area contributed by atoms with Crippen LogP contribution in [-0.2, 0) is 4.79 Å². The zero-order chi connectivity index (χ0) is 11.4. The van der Waals surface area contributed by atoms with E-state index < -0.39 is 10.7 Å². The molecule has 1 N–H and O–H groups in total. The zero-order valence-electron chi connectivity index (χ0n) is 7.89. The van der Waals surface area contributed by atoms with Crippen molar-refractivity contribution in [2.45, 2.75) is 0 Å². The van der Waals surface area contributed by atoms with Gasteiger partial charge in [0.2, 0.25) is 5.78 Å². The van der Waals surface area contributed by atoms with Crippen LogP contribution in [0.15, 0.2) is 18.2 Å². The molecule has 6 nitrogen and oxygen atoms in total. The molecule has 0 aliphatic carbocycles. The van der Waals surface area contributed by atoms with Gasteiger partial charge in [-0.05, 0) is 6.07 Å². The van der Waals surface area contributed by atoms with Crippen molar-refractivity contribution in [1.29, 1.82) is 0 Å². The third-order valence-electron chi connectivity index (χ3n) is 1.86. The standard InChI is InChI=1S/C9H8N2O4/c1-10-8-3-2-6(11(14)15)4-7(8)9(13)5-12/h2-5,10H,1H3. The lowest BCUT2D eigenvalue weighted by molar-refractivity contribution is -0.384. The molecule has 0 aromatic heterocycles. The van der Waals surface area contributed by atoms with Gasteiger partial charge in [0.1, 0.15) is 0 Å². The van der Waals surface area contributed by atoms with Gasteiger partial charge in [-0.25, -0.2) is 0 Å². The summed E-state index contributed by atoms with van der Waals surface area (Å²) >= 11 is 0. The highest BCUT2D eigenvalue weighted by molar-refractivity contribution is 6.35. The van der Waals surface area contributed by atoms with E-state index in [2.05, 4.69) is 5.32 Å². The van der Waals surface area contributed by atoms with Crippen LogP contribution in [0.4, 0.5) is 11.4 Å². The molecule has 0 radical (unpaired) electrons. The highest BCUT2D eigenvalue weighted by atomic mass is 16.6. The second-order valence-corrected chi connectivity index (χ2v) is 2.72. The van der Waals surface area contributed by atoms with Gasteiger partial charge in [-0.15, -0.1) is 0 Å². The number of hydrogen-bond acceptors (Lipinski definition) is 5. The molecular weight excluding hydrogens is 200 g/mol. The molecule has 0 heterocycles. The second-order valence-electron chi connectivity index (χ2n) is 2.72. The number of rotatable bonds is 4. The molecule has 0 fully saturated rings. The minimum absolute atomic E-state index is 0.00157. The normalized spacial score (nSPS) is 9.40. The number of carbonyl (C=O) groups is 2. The van der Waals surface area contributed by atoms with E-state index in [1.165, 1.54) is 12.1 Å². The van der Waals surface area contributed by atoms with E-state index >= 15 is 0 Å². The quantitative estimate of drug-likeness (QED) is 0.262. The van der Waals surface area contributed by atoms with E-state index in [0.29, 0.717) is 5.69 Å². The Hall–Kier alpha value is -2.24. The molecule has 15 heavy (non-hydrogen) atoms. The van der Waals surface area contributed by atoms with Crippen molar-refractivity contribution in [1.82, 2.24) is 0 Å². The number of nitrogens with one attached hydrogen (secondary N) is 1. The van der Waals surface area contributed by atoms with Gasteiger partial charge < -0.3 is 5.32 Å². The highest BCUT2D eigenvalue weighted by Gasteiger charge is 2.15. The molecule has 0 spiro atoms. The molecule has 1 aromatic carbocycles. The summed E-state index contributed by atoms with van der Waals surface area (Å²) in [4.78, 5) is 31.3. The maximum absolute atomic E-state index is 11.1. The molecule has 6 heteroatoms. The number of ketones is 1. The fraction of sp³-hybridized carbons (Fsp3) is 0.111. The molecule has 1 aromatic rings. The van der Waals surface area contributed by atoms with Crippen molar-refractivity contribution >= 4 is 23.4 Å². The minimum atomic E-state index is -0.789. The summed E-state index contributed by atoms with van der Waals surface area (Å²) in [6, 6.07) is 3.71. The lowest BCUT2D eigenvalue weighted by Crippen LogP contribution is -2.05. The molecule has 0 bridgehead atoms. The maximum Gasteiger partial charge on any atom is 0.270 e. The average Bonchev–Trinajstić information content (AvgIpc) is 2.27. The van der Waals surface area contributed by atoms with E-state index in [1.807, 2.05) is 0 Å². The largest absolute Gasteiger partial charge is 0.388 e. The summed E-state index contributed by atoms with van der Waals surface area (Å²) in [5.41, 5.74) is 0.165. The second kappa shape index (κ2) is 4.32. The van der Waals surface area contributed by atoms with Gasteiger partial charge in [0.05, 0.1) is 10.5 Å². The Balaban J connectivity index is 3.30. The van der Waals surface area contributed by atoms with E-state index in [-0.39, 0.29) is 17.5 Å². The van der Waals surface area contributed by atoms with Gasteiger partial charge in [-0.3, -0.25) is 19.7 Å². The van der Waals surface area contributed by atoms with E-state index in [1.54, 1.807) is 7.05 Å². The summed E-state index contributed by atoms with van der Waals surface area (Å²) in [5, 5.41) is 13.1. The van der Waals surface area contributed by atoms with Gasteiger partial charge in [0, 0.05) is 24.9 Å². The van der Waals surface area contributed by atoms with Crippen molar-refractivity contribution in [2.75, 3.05) is 12.4 Å². The predicted octanol–water partition coefficient (Wildman–Crippen LogP) is 1.02. The molecule has 0 aliphatic heterocycles. The van der Waals surface area contributed by atoms with Crippen molar-refractivity contribution in [3.8, 4) is 0 Å². The average molecular weight is 208 g/mol. The number of carbonyl (C=O) groups excluding carboxylic acids is 2. The summed E-state index contributed by atoms with van der Waals surface area (Å²) < 4.78 is 0. The summed E-state index contributed by atoms with van der Waals surface area (Å²) in [7, 11) is 1.56. The van der Waals surface area contributed by atoms with Crippen LogP contribution in [0, 0.1) is 10.1 Å². The smallest absolute Gasteiger partial charge is 0.270 e. The number of nitrogens with zero attached hydrogens (tertiary/aromatic N) is 1. The van der Waals surface area contributed by atoms with Gasteiger partial charge in [-0.1, -0.05) is 0 Å². The summed E-state index contributed by atoms with van der Waals surface area (Å²) in [6.07, 6.45) is 0.125. The van der Waals surface area contributed by atoms with Gasteiger partial charge in [-0.2, -0.15) is 0 Å².